The predicted octanol–water partition coefficient (Wildman–Crippen LogP) is 2.07. The van der Waals surface area contributed by atoms with Gasteiger partial charge in [-0.25, -0.2) is 4.98 Å². The lowest BCUT2D eigenvalue weighted by Gasteiger charge is -2.07. The maximum absolute atomic E-state index is 5.81. The minimum atomic E-state index is 0.238. The minimum Gasteiger partial charge on any atom is -0.495 e. The van der Waals surface area contributed by atoms with Crippen molar-refractivity contribution in [3.63, 3.8) is 0 Å². The van der Waals surface area contributed by atoms with E-state index in [-0.39, 0.29) is 5.95 Å². The Kier molecular flexibility index (Phi) is 4.74. The van der Waals surface area contributed by atoms with E-state index in [0.717, 1.165) is 36.2 Å². The molecule has 0 radical (unpaired) electrons. The van der Waals surface area contributed by atoms with Crippen molar-refractivity contribution in [2.24, 2.45) is 0 Å². The molecule has 8 nitrogen and oxygen atoms in total. The Balaban J connectivity index is 1.91. The number of nitrogens with zero attached hydrogens (tertiary/aromatic N) is 5. The van der Waals surface area contributed by atoms with Gasteiger partial charge < -0.3 is 15.8 Å². The lowest BCUT2D eigenvalue weighted by Crippen LogP contribution is -2.06. The first-order valence-electron chi connectivity index (χ1n) is 7.92. The van der Waals surface area contributed by atoms with Crippen LogP contribution in [0.15, 0.2) is 24.7 Å². The van der Waals surface area contributed by atoms with Crippen LogP contribution in [-0.2, 0) is 6.54 Å². The molecule has 3 aromatic heterocycles. The summed E-state index contributed by atoms with van der Waals surface area (Å²) in [5.74, 6) is 1.64. The average Bonchev–Trinajstić information content (AvgIpc) is 2.98. The molecule has 3 N–H and O–H groups in total. The Morgan fingerprint density at radius 2 is 2.21 bits per heavy atom. The Labute approximate surface area is 140 Å². The molecule has 3 rings (SSSR count). The first-order valence-corrected chi connectivity index (χ1v) is 7.92. The van der Waals surface area contributed by atoms with Crippen LogP contribution < -0.4 is 15.8 Å². The second-order valence-electron chi connectivity index (χ2n) is 5.46. The summed E-state index contributed by atoms with van der Waals surface area (Å²) in [7, 11) is 1.63. The Morgan fingerprint density at radius 3 is 3.00 bits per heavy atom. The Hall–Kier alpha value is -2.90. The topological polar surface area (TPSA) is 104 Å². The number of anilines is 2. The molecule has 0 fully saturated rings. The second kappa shape index (κ2) is 7.12. The van der Waals surface area contributed by atoms with Crippen molar-refractivity contribution < 1.29 is 4.74 Å². The van der Waals surface area contributed by atoms with Gasteiger partial charge in [-0.05, 0) is 12.5 Å². The molecule has 0 aliphatic heterocycles. The largest absolute Gasteiger partial charge is 0.495 e. The number of hydrogen-bond acceptors (Lipinski definition) is 7. The predicted molar refractivity (Wildman–Crippen MR) is 93.0 cm³/mol. The molecule has 0 aliphatic carbocycles. The van der Waals surface area contributed by atoms with Crippen molar-refractivity contribution in [3.05, 3.63) is 30.2 Å². The third-order valence-corrected chi connectivity index (χ3v) is 3.67. The van der Waals surface area contributed by atoms with Crippen molar-refractivity contribution in [1.82, 2.24) is 24.7 Å². The van der Waals surface area contributed by atoms with Crippen LogP contribution in [-0.4, -0.2) is 38.4 Å². The highest BCUT2D eigenvalue weighted by molar-refractivity contribution is 5.85. The lowest BCUT2D eigenvalue weighted by atomic mass is 10.2. The van der Waals surface area contributed by atoms with E-state index in [9.17, 15) is 0 Å². The molecular weight excluding hydrogens is 306 g/mol. The Morgan fingerprint density at radius 1 is 1.33 bits per heavy atom. The van der Waals surface area contributed by atoms with Crippen LogP contribution in [0.2, 0.25) is 0 Å². The minimum absolute atomic E-state index is 0.238. The number of nitrogens with one attached hydrogen (secondary N) is 1. The van der Waals surface area contributed by atoms with Gasteiger partial charge in [-0.3, -0.25) is 9.67 Å². The summed E-state index contributed by atoms with van der Waals surface area (Å²) in [5.41, 5.74) is 8.23. The number of aromatic nitrogens is 5. The molecule has 0 bridgehead atoms. The number of methoxy groups -OCH3 is 1. The number of nitrogens with two attached hydrogens (primary N) is 1. The molecule has 0 spiro atoms. The number of rotatable bonds is 7. The maximum atomic E-state index is 5.81. The molecule has 3 aromatic rings. The fraction of sp³-hybridized carbons (Fsp3) is 0.375. The quantitative estimate of drug-likeness (QED) is 0.640. The average molecular weight is 327 g/mol. The van der Waals surface area contributed by atoms with Gasteiger partial charge in [0, 0.05) is 18.3 Å². The van der Waals surface area contributed by atoms with Crippen molar-refractivity contribution in [3.8, 4) is 5.75 Å². The molecule has 3 heterocycles. The molecule has 0 saturated heterocycles. The number of pyridine rings is 1. The van der Waals surface area contributed by atoms with E-state index in [1.54, 1.807) is 19.5 Å². The van der Waals surface area contributed by atoms with Gasteiger partial charge in [0.15, 0.2) is 11.3 Å². The summed E-state index contributed by atoms with van der Waals surface area (Å²) in [6.45, 7) is 3.52. The van der Waals surface area contributed by atoms with Crippen molar-refractivity contribution >= 4 is 22.8 Å². The lowest BCUT2D eigenvalue weighted by molar-refractivity contribution is 0.405. The molecule has 8 heteroatoms. The van der Waals surface area contributed by atoms with Crippen LogP contribution in [0.25, 0.3) is 11.0 Å². The van der Waals surface area contributed by atoms with Gasteiger partial charge >= 0.3 is 0 Å². The van der Waals surface area contributed by atoms with Crippen molar-refractivity contribution in [2.45, 2.75) is 26.3 Å². The van der Waals surface area contributed by atoms with Crippen molar-refractivity contribution in [2.75, 3.05) is 24.7 Å². The third-order valence-electron chi connectivity index (χ3n) is 3.67. The molecule has 0 atom stereocenters. The summed E-state index contributed by atoms with van der Waals surface area (Å²) in [4.78, 5) is 12.6. The van der Waals surface area contributed by atoms with Gasteiger partial charge in [-0.2, -0.15) is 10.1 Å². The maximum Gasteiger partial charge on any atom is 0.222 e. The van der Waals surface area contributed by atoms with Gasteiger partial charge in [0.1, 0.15) is 11.3 Å². The normalized spacial score (nSPS) is 10.9. The van der Waals surface area contributed by atoms with Crippen LogP contribution >= 0.6 is 0 Å². The zero-order valence-corrected chi connectivity index (χ0v) is 13.9. The summed E-state index contributed by atoms with van der Waals surface area (Å²) in [6, 6.07) is 1.91. The van der Waals surface area contributed by atoms with E-state index >= 15 is 0 Å². The van der Waals surface area contributed by atoms with Crippen LogP contribution in [0.1, 0.15) is 25.3 Å². The van der Waals surface area contributed by atoms with E-state index in [1.165, 1.54) is 0 Å². The summed E-state index contributed by atoms with van der Waals surface area (Å²) in [6.07, 6.45) is 7.44. The van der Waals surface area contributed by atoms with E-state index in [4.69, 9.17) is 10.5 Å². The SMILES string of the molecule is CCCCNc1nc(N)nc2cn(Cc3ccncc3OC)nc12. The van der Waals surface area contributed by atoms with E-state index in [2.05, 4.69) is 32.3 Å². The number of fused-ring (bicyclic) bond motifs is 1. The van der Waals surface area contributed by atoms with Crippen LogP contribution in [0.4, 0.5) is 11.8 Å². The zero-order valence-electron chi connectivity index (χ0n) is 13.9. The third kappa shape index (κ3) is 3.37. The molecule has 24 heavy (non-hydrogen) atoms. The molecule has 0 aliphatic rings. The van der Waals surface area contributed by atoms with Crippen LogP contribution in [0.5, 0.6) is 5.75 Å². The van der Waals surface area contributed by atoms with Crippen LogP contribution in [0, 0.1) is 0 Å². The number of nitrogen functional groups attached to an aromatic ring is 1. The van der Waals surface area contributed by atoms with Crippen molar-refractivity contribution in [1.29, 1.82) is 0 Å². The first-order chi connectivity index (χ1) is 11.7. The van der Waals surface area contributed by atoms with E-state index in [1.807, 2.05) is 16.9 Å². The fourth-order valence-corrected chi connectivity index (χ4v) is 2.46. The second-order valence-corrected chi connectivity index (χ2v) is 5.46. The molecule has 0 aromatic carbocycles. The summed E-state index contributed by atoms with van der Waals surface area (Å²) in [5, 5.41) is 7.89. The Bertz CT molecular complexity index is 830. The standard InChI is InChI=1S/C16H21N7O/c1-3-4-6-19-15-14-12(20-16(17)21-15)10-23(22-14)9-11-5-7-18-8-13(11)24-2/h5,7-8,10H,3-4,6,9H2,1-2H3,(H3,17,19,20,21). The number of hydrogen-bond donors (Lipinski definition) is 2. The molecule has 0 unspecified atom stereocenters. The van der Waals surface area contributed by atoms with Gasteiger partial charge in [-0.15, -0.1) is 0 Å². The van der Waals surface area contributed by atoms with Gasteiger partial charge in [0.05, 0.1) is 26.0 Å². The van der Waals surface area contributed by atoms with Gasteiger partial charge in [-0.1, -0.05) is 13.3 Å². The summed E-state index contributed by atoms with van der Waals surface area (Å²) < 4.78 is 7.14. The first kappa shape index (κ1) is 16.0. The molecule has 0 amide bonds. The van der Waals surface area contributed by atoms with E-state index < -0.39 is 0 Å². The fourth-order valence-electron chi connectivity index (χ4n) is 2.46. The smallest absolute Gasteiger partial charge is 0.222 e. The highest BCUT2D eigenvalue weighted by atomic mass is 16.5. The highest BCUT2D eigenvalue weighted by Gasteiger charge is 2.12. The number of unbranched alkanes of at least 4 members (excludes halogenated alkanes) is 1. The van der Waals surface area contributed by atoms with E-state index in [0.29, 0.717) is 17.9 Å². The summed E-state index contributed by atoms with van der Waals surface area (Å²) >= 11 is 0. The van der Waals surface area contributed by atoms with Gasteiger partial charge in [0.2, 0.25) is 5.95 Å². The molecule has 126 valence electrons. The monoisotopic (exact) mass is 327 g/mol. The zero-order chi connectivity index (χ0) is 16.9. The molecule has 0 saturated carbocycles. The molecular formula is C16H21N7O. The highest BCUT2D eigenvalue weighted by Crippen LogP contribution is 2.22. The van der Waals surface area contributed by atoms with Crippen LogP contribution in [0.3, 0.4) is 0 Å². The number of ether oxygens (including phenoxy) is 1. The van der Waals surface area contributed by atoms with Gasteiger partial charge in [0.25, 0.3) is 0 Å².